The van der Waals surface area contributed by atoms with Gasteiger partial charge in [-0.2, -0.15) is 5.10 Å². The maximum absolute atomic E-state index is 16.1. The Morgan fingerprint density at radius 3 is 2.76 bits per heavy atom. The van der Waals surface area contributed by atoms with E-state index in [1.54, 1.807) is 42.5 Å². The van der Waals surface area contributed by atoms with Gasteiger partial charge >= 0.3 is 5.97 Å². The molecule has 4 heterocycles. The molecule has 0 saturated carbocycles. The number of nitrogens with one attached hydrogen (secondary N) is 1. The Bertz CT molecular complexity index is 1770. The first-order valence-corrected chi connectivity index (χ1v) is 14.4. The number of nitrogens with zero attached hydrogens (tertiary/aromatic N) is 3. The van der Waals surface area contributed by atoms with Crippen LogP contribution in [0.25, 0.3) is 10.9 Å². The van der Waals surface area contributed by atoms with E-state index in [1.807, 2.05) is 10.7 Å². The van der Waals surface area contributed by atoms with Crippen molar-refractivity contribution in [2.45, 2.75) is 50.2 Å². The van der Waals surface area contributed by atoms with Crippen molar-refractivity contribution in [1.82, 2.24) is 14.7 Å². The Morgan fingerprint density at radius 2 is 2.00 bits per heavy atom. The van der Waals surface area contributed by atoms with Gasteiger partial charge in [0.1, 0.15) is 11.4 Å². The van der Waals surface area contributed by atoms with E-state index >= 15 is 4.39 Å². The predicted octanol–water partition coefficient (Wildman–Crippen LogP) is 6.64. The number of halogens is 3. The monoisotopic (exact) mass is 592 g/mol. The molecule has 0 radical (unpaired) electrons. The lowest BCUT2D eigenvalue weighted by atomic mass is 9.73. The van der Waals surface area contributed by atoms with E-state index in [-0.39, 0.29) is 22.5 Å². The fourth-order valence-corrected chi connectivity index (χ4v) is 7.72. The molecular formula is C31H27Cl2FN4O3. The number of likely N-dealkylation sites (tertiary alicyclic amines) is 1. The number of rotatable bonds is 5. The maximum Gasteiger partial charge on any atom is 0.335 e. The Balaban J connectivity index is 1.52. The summed E-state index contributed by atoms with van der Waals surface area (Å²) in [6.45, 7) is 4.90. The number of carboxylic acid groups (broad SMARTS) is 1. The van der Waals surface area contributed by atoms with Gasteiger partial charge in [0, 0.05) is 52.3 Å². The summed E-state index contributed by atoms with van der Waals surface area (Å²) in [6, 6.07) is 14.7. The number of carboxylic acids is 1. The highest BCUT2D eigenvalue weighted by Crippen LogP contribution is 2.63. The van der Waals surface area contributed by atoms with Crippen LogP contribution in [0.2, 0.25) is 10.0 Å². The zero-order chi connectivity index (χ0) is 28.8. The molecule has 7 rings (SSSR count). The van der Waals surface area contributed by atoms with Gasteiger partial charge < -0.3 is 10.4 Å². The summed E-state index contributed by atoms with van der Waals surface area (Å²) in [7, 11) is 0. The molecule has 7 nitrogen and oxygen atoms in total. The van der Waals surface area contributed by atoms with Gasteiger partial charge in [-0.05, 0) is 48.2 Å². The zero-order valence-corrected chi connectivity index (χ0v) is 23.9. The van der Waals surface area contributed by atoms with E-state index in [0.717, 1.165) is 23.1 Å². The van der Waals surface area contributed by atoms with Crippen LogP contribution in [0.4, 0.5) is 10.1 Å². The summed E-state index contributed by atoms with van der Waals surface area (Å²) in [5.41, 5.74) is 2.11. The summed E-state index contributed by atoms with van der Waals surface area (Å²) >= 11 is 12.7. The number of amides is 1. The molecular weight excluding hydrogens is 566 g/mol. The molecule has 3 aliphatic rings. The average Bonchev–Trinajstić information content (AvgIpc) is 3.61. The molecule has 41 heavy (non-hydrogen) atoms. The number of hydrogen-bond acceptors (Lipinski definition) is 4. The molecule has 210 valence electrons. The zero-order valence-electron chi connectivity index (χ0n) is 22.4. The Hall–Kier alpha value is -3.46. The van der Waals surface area contributed by atoms with Gasteiger partial charge in [-0.3, -0.25) is 14.4 Å². The van der Waals surface area contributed by atoms with Crippen LogP contribution in [0.3, 0.4) is 0 Å². The number of benzene rings is 3. The molecule has 0 bridgehead atoms. The Kier molecular flexibility index (Phi) is 5.98. The fourth-order valence-electron chi connectivity index (χ4n) is 7.36. The minimum absolute atomic E-state index is 0.0143. The van der Waals surface area contributed by atoms with Crippen LogP contribution in [0, 0.1) is 11.7 Å². The molecule has 4 aromatic rings. The third-order valence-electron chi connectivity index (χ3n) is 9.02. The first-order chi connectivity index (χ1) is 19.6. The predicted molar refractivity (Wildman–Crippen MR) is 155 cm³/mol. The molecule has 3 aromatic carbocycles. The highest BCUT2D eigenvalue weighted by molar-refractivity contribution is 6.31. The van der Waals surface area contributed by atoms with E-state index in [1.165, 1.54) is 6.07 Å². The topological polar surface area (TPSA) is 87.5 Å². The number of aromatic carboxylic acids is 1. The van der Waals surface area contributed by atoms with Crippen molar-refractivity contribution in [3.8, 4) is 0 Å². The normalized spacial score (nSPS) is 24.7. The molecule has 1 fully saturated rings. The summed E-state index contributed by atoms with van der Waals surface area (Å²) in [5, 5.41) is 18.9. The van der Waals surface area contributed by atoms with E-state index in [2.05, 4.69) is 24.1 Å². The van der Waals surface area contributed by atoms with Gasteiger partial charge in [-0.25, -0.2) is 9.18 Å². The largest absolute Gasteiger partial charge is 0.478 e. The standard InChI is InChI=1S/C31H27Cl2FN4O3/c1-15(2)10-11-37-25-14-24-18-8-6-16(29(39)40)12-22(18)36-38(24)28(25)26(19-4-3-5-21(33)27(19)34)31(37)20-9-7-17(32)13-23(20)35-30(31)41/h3-9,12-13,15,25-26,28H,10-11,14H2,1-2H3,(H,35,41)(H,39,40)/t25?,26-,28+,31?/m0/s1. The molecule has 10 heteroatoms. The number of anilines is 1. The number of aromatic nitrogens is 2. The van der Waals surface area contributed by atoms with Crippen LogP contribution in [-0.4, -0.2) is 44.3 Å². The number of carbonyl (C=O) groups is 2. The van der Waals surface area contributed by atoms with Gasteiger partial charge in [0.25, 0.3) is 0 Å². The Labute approximate surface area is 245 Å². The van der Waals surface area contributed by atoms with Crippen molar-refractivity contribution in [2.75, 3.05) is 11.9 Å². The van der Waals surface area contributed by atoms with Crippen molar-refractivity contribution in [3.63, 3.8) is 0 Å². The molecule has 1 amide bonds. The molecule has 0 aliphatic carbocycles. The third kappa shape index (κ3) is 3.63. The molecule has 2 N–H and O–H groups in total. The summed E-state index contributed by atoms with van der Waals surface area (Å²) < 4.78 is 18.0. The lowest BCUT2D eigenvalue weighted by Crippen LogP contribution is -2.53. The molecule has 4 atom stereocenters. The van der Waals surface area contributed by atoms with E-state index in [4.69, 9.17) is 28.3 Å². The van der Waals surface area contributed by atoms with Crippen LogP contribution < -0.4 is 5.32 Å². The molecule has 1 aromatic heterocycles. The summed E-state index contributed by atoms with van der Waals surface area (Å²) in [6.07, 6.45) is 1.40. The first-order valence-electron chi connectivity index (χ1n) is 13.7. The van der Waals surface area contributed by atoms with Crippen LogP contribution in [-0.2, 0) is 16.8 Å². The first kappa shape index (κ1) is 26.4. The molecule has 3 aliphatic heterocycles. The van der Waals surface area contributed by atoms with E-state index < -0.39 is 29.3 Å². The second-order valence-corrected chi connectivity index (χ2v) is 12.4. The van der Waals surface area contributed by atoms with Crippen molar-refractivity contribution in [2.24, 2.45) is 5.92 Å². The third-order valence-corrected chi connectivity index (χ3v) is 9.55. The minimum atomic E-state index is -1.24. The van der Waals surface area contributed by atoms with Crippen LogP contribution in [0.15, 0.2) is 54.6 Å². The molecule has 1 saturated heterocycles. The smallest absolute Gasteiger partial charge is 0.335 e. The Morgan fingerprint density at radius 1 is 1.20 bits per heavy atom. The van der Waals surface area contributed by atoms with Gasteiger partial charge in [-0.15, -0.1) is 0 Å². The van der Waals surface area contributed by atoms with Gasteiger partial charge in [0.05, 0.1) is 22.1 Å². The SMILES string of the molecule is CC(C)CCN1C2Cc3c4ccc(C(=O)O)cc4nn3[C@H]2[C@H](c2cccc(Cl)c2F)C12C(=O)Nc1cc(Cl)ccc12. The van der Waals surface area contributed by atoms with Crippen LogP contribution >= 0.6 is 23.2 Å². The molecule has 1 spiro atoms. The maximum atomic E-state index is 16.1. The molecule has 2 unspecified atom stereocenters. The van der Waals surface area contributed by atoms with Crippen molar-refractivity contribution in [1.29, 1.82) is 0 Å². The summed E-state index contributed by atoms with van der Waals surface area (Å²) in [5.74, 6) is -2.14. The second kappa shape index (κ2) is 9.28. The summed E-state index contributed by atoms with van der Waals surface area (Å²) in [4.78, 5) is 28.3. The van der Waals surface area contributed by atoms with Crippen molar-refractivity contribution < 1.29 is 19.1 Å². The van der Waals surface area contributed by atoms with Crippen molar-refractivity contribution >= 4 is 51.7 Å². The number of fused-ring (bicyclic) bond motifs is 7. The minimum Gasteiger partial charge on any atom is -0.478 e. The van der Waals surface area contributed by atoms with Crippen LogP contribution in [0.5, 0.6) is 0 Å². The quantitative estimate of drug-likeness (QED) is 0.271. The van der Waals surface area contributed by atoms with Gasteiger partial charge in [0.2, 0.25) is 5.91 Å². The van der Waals surface area contributed by atoms with Gasteiger partial charge in [-0.1, -0.05) is 61.3 Å². The van der Waals surface area contributed by atoms with E-state index in [9.17, 15) is 14.7 Å². The lowest BCUT2D eigenvalue weighted by Gasteiger charge is -2.40. The second-order valence-electron chi connectivity index (χ2n) is 11.6. The average molecular weight is 593 g/mol. The highest BCUT2D eigenvalue weighted by Gasteiger charge is 2.69. The lowest BCUT2D eigenvalue weighted by molar-refractivity contribution is -0.128. The fraction of sp³-hybridized carbons (Fsp3) is 0.323. The number of hydrogen-bond donors (Lipinski definition) is 2. The highest BCUT2D eigenvalue weighted by atomic mass is 35.5. The van der Waals surface area contributed by atoms with Crippen molar-refractivity contribution in [3.05, 3.63) is 92.8 Å². The van der Waals surface area contributed by atoms with Gasteiger partial charge in [0.15, 0.2) is 0 Å². The van der Waals surface area contributed by atoms with E-state index in [0.29, 0.717) is 40.7 Å². The van der Waals surface area contributed by atoms with Crippen LogP contribution in [0.1, 0.15) is 59.4 Å². The number of carbonyl (C=O) groups excluding carboxylic acids is 1.